The molecular weight excluding hydrogens is 498 g/mol. The molecule has 7 heteroatoms. The van der Waals surface area contributed by atoms with Gasteiger partial charge < -0.3 is 19.5 Å². The van der Waals surface area contributed by atoms with E-state index in [0.29, 0.717) is 23.5 Å². The van der Waals surface area contributed by atoms with Gasteiger partial charge in [-0.2, -0.15) is 0 Å². The predicted octanol–water partition coefficient (Wildman–Crippen LogP) is 7.49. The maximum Gasteiger partial charge on any atom is 0.407 e. The fourth-order valence-electron chi connectivity index (χ4n) is 3.75. The van der Waals surface area contributed by atoms with Crippen LogP contribution in [-0.2, 0) is 14.3 Å². The monoisotopic (exact) mass is 543 g/mol. The molecule has 2 aromatic carbocycles. The minimum absolute atomic E-state index is 0.0421. The number of alkyl carbamates (subject to hydrolysis) is 1. The molecule has 0 saturated carbocycles. The van der Waals surface area contributed by atoms with Crippen LogP contribution in [0.1, 0.15) is 59.4 Å². The molecule has 0 saturated heterocycles. The van der Waals surface area contributed by atoms with Gasteiger partial charge in [-0.1, -0.05) is 78.5 Å². The summed E-state index contributed by atoms with van der Waals surface area (Å²) in [7, 11) is 0. The standard InChI is InChI=1S/C29H39NO5S.C2H6/c1-6-27(22(5)21(3)4)23-13-15-24(16-14-23)34-19-25(20-36-26-11-9-8-10-12-26)35-29(32)30-17-18-33-28(31)7-2;1-2/h7-16,21-22,25,27H,2,6,17-20H2,1,3-5H3,(H,30,32);1-2H3. The van der Waals surface area contributed by atoms with Crippen LogP contribution in [0.4, 0.5) is 4.79 Å². The van der Waals surface area contributed by atoms with Crippen molar-refractivity contribution in [3.05, 3.63) is 72.8 Å². The summed E-state index contributed by atoms with van der Waals surface area (Å²) in [5.74, 6) is 2.45. The molecule has 0 radical (unpaired) electrons. The average Bonchev–Trinajstić information content (AvgIpc) is 2.95. The highest BCUT2D eigenvalue weighted by atomic mass is 32.2. The van der Waals surface area contributed by atoms with Gasteiger partial charge in [0.05, 0.1) is 6.54 Å². The number of rotatable bonds is 15. The first kappa shape index (κ1) is 33.1. The van der Waals surface area contributed by atoms with Crippen LogP contribution in [-0.4, -0.2) is 43.7 Å². The third kappa shape index (κ3) is 12.5. The highest BCUT2D eigenvalue weighted by Gasteiger charge is 2.21. The molecule has 0 fully saturated rings. The number of amides is 1. The molecule has 0 aliphatic heterocycles. The van der Waals surface area contributed by atoms with E-state index in [0.717, 1.165) is 23.1 Å². The molecule has 0 aliphatic carbocycles. The van der Waals surface area contributed by atoms with E-state index in [1.165, 1.54) is 5.56 Å². The zero-order chi connectivity index (χ0) is 28.3. The number of carbonyl (C=O) groups excluding carboxylic acids is 2. The van der Waals surface area contributed by atoms with E-state index in [1.807, 2.05) is 56.3 Å². The Morgan fingerprint density at radius 3 is 2.26 bits per heavy atom. The molecule has 2 aromatic rings. The van der Waals surface area contributed by atoms with E-state index in [4.69, 9.17) is 14.2 Å². The van der Waals surface area contributed by atoms with Gasteiger partial charge in [-0.05, 0) is 54.0 Å². The lowest BCUT2D eigenvalue weighted by Gasteiger charge is -2.26. The summed E-state index contributed by atoms with van der Waals surface area (Å²) in [5, 5.41) is 2.60. The van der Waals surface area contributed by atoms with Crippen LogP contribution in [0.15, 0.2) is 72.1 Å². The van der Waals surface area contributed by atoms with Crippen molar-refractivity contribution in [1.29, 1.82) is 0 Å². The summed E-state index contributed by atoms with van der Waals surface area (Å²) >= 11 is 1.59. The Labute approximate surface area is 233 Å². The van der Waals surface area contributed by atoms with Crippen molar-refractivity contribution in [2.24, 2.45) is 11.8 Å². The lowest BCUT2D eigenvalue weighted by Crippen LogP contribution is -2.35. The normalized spacial score (nSPS) is 12.8. The second-order valence-electron chi connectivity index (χ2n) is 8.95. The fraction of sp³-hybridized carbons (Fsp3) is 0.484. The van der Waals surface area contributed by atoms with Crippen LogP contribution in [0.3, 0.4) is 0 Å². The van der Waals surface area contributed by atoms with Crippen molar-refractivity contribution in [3.63, 3.8) is 0 Å². The maximum absolute atomic E-state index is 12.3. The summed E-state index contributed by atoms with van der Waals surface area (Å²) in [6.45, 7) is 16.8. The second-order valence-corrected chi connectivity index (χ2v) is 10.0. The van der Waals surface area contributed by atoms with Gasteiger partial charge in [0.2, 0.25) is 0 Å². The molecule has 38 heavy (non-hydrogen) atoms. The predicted molar refractivity (Wildman–Crippen MR) is 157 cm³/mol. The fourth-order valence-corrected chi connectivity index (χ4v) is 4.65. The van der Waals surface area contributed by atoms with Gasteiger partial charge in [-0.25, -0.2) is 9.59 Å². The van der Waals surface area contributed by atoms with E-state index in [-0.39, 0.29) is 19.8 Å². The molecule has 0 aliphatic rings. The van der Waals surface area contributed by atoms with Crippen LogP contribution >= 0.6 is 11.8 Å². The molecule has 3 unspecified atom stereocenters. The summed E-state index contributed by atoms with van der Waals surface area (Å²) in [5.41, 5.74) is 1.31. The Morgan fingerprint density at radius 2 is 1.68 bits per heavy atom. The van der Waals surface area contributed by atoms with Crippen molar-refractivity contribution in [1.82, 2.24) is 5.32 Å². The molecule has 6 nitrogen and oxygen atoms in total. The lowest BCUT2D eigenvalue weighted by atomic mass is 9.79. The SMILES string of the molecule is C=CC(=O)OCCNC(=O)OC(COc1ccc(C(CC)C(C)C(C)C)cc1)CSc1ccccc1.CC. The number of benzene rings is 2. The molecule has 1 N–H and O–H groups in total. The maximum atomic E-state index is 12.3. The molecular formula is C31H45NO5S. The zero-order valence-electron chi connectivity index (χ0n) is 23.8. The van der Waals surface area contributed by atoms with Crippen molar-refractivity contribution in [2.45, 2.75) is 64.9 Å². The molecule has 2 rings (SSSR count). The Morgan fingerprint density at radius 1 is 1.03 bits per heavy atom. The zero-order valence-corrected chi connectivity index (χ0v) is 24.6. The number of nitrogens with one attached hydrogen (secondary N) is 1. The molecule has 210 valence electrons. The van der Waals surface area contributed by atoms with Gasteiger partial charge in [0.15, 0.2) is 0 Å². The first-order valence-electron chi connectivity index (χ1n) is 13.5. The Hall–Kier alpha value is -2.93. The summed E-state index contributed by atoms with van der Waals surface area (Å²) in [6, 6.07) is 18.2. The molecule has 1 amide bonds. The third-order valence-corrected chi connectivity index (χ3v) is 7.25. The van der Waals surface area contributed by atoms with Gasteiger partial charge in [0.1, 0.15) is 25.1 Å². The van der Waals surface area contributed by atoms with Crippen molar-refractivity contribution in [3.8, 4) is 5.75 Å². The first-order valence-corrected chi connectivity index (χ1v) is 14.5. The number of hydrogen-bond acceptors (Lipinski definition) is 6. The van der Waals surface area contributed by atoms with E-state index in [2.05, 4.69) is 51.7 Å². The van der Waals surface area contributed by atoms with E-state index in [1.54, 1.807) is 11.8 Å². The molecule has 0 spiro atoms. The van der Waals surface area contributed by atoms with Crippen LogP contribution < -0.4 is 10.1 Å². The van der Waals surface area contributed by atoms with Gasteiger partial charge in [0, 0.05) is 16.7 Å². The topological polar surface area (TPSA) is 73.9 Å². The van der Waals surface area contributed by atoms with Crippen molar-refractivity contribution < 1.29 is 23.8 Å². The van der Waals surface area contributed by atoms with E-state index >= 15 is 0 Å². The minimum atomic E-state index is -0.587. The Balaban J connectivity index is 0.00000352. The van der Waals surface area contributed by atoms with E-state index < -0.39 is 18.2 Å². The van der Waals surface area contributed by atoms with Crippen molar-refractivity contribution >= 4 is 23.8 Å². The van der Waals surface area contributed by atoms with Crippen LogP contribution in [0.25, 0.3) is 0 Å². The Bertz CT molecular complexity index is 933. The molecule has 0 bridgehead atoms. The van der Waals surface area contributed by atoms with E-state index in [9.17, 15) is 9.59 Å². The van der Waals surface area contributed by atoms with Gasteiger partial charge >= 0.3 is 12.1 Å². The third-order valence-electron chi connectivity index (χ3n) is 6.11. The Kier molecular flexibility index (Phi) is 16.7. The highest BCUT2D eigenvalue weighted by Crippen LogP contribution is 2.33. The minimum Gasteiger partial charge on any atom is -0.490 e. The van der Waals surface area contributed by atoms with Crippen LogP contribution in [0.5, 0.6) is 5.75 Å². The summed E-state index contributed by atoms with van der Waals surface area (Å²) in [6.07, 6.45) is 1.10. The largest absolute Gasteiger partial charge is 0.490 e. The smallest absolute Gasteiger partial charge is 0.407 e. The quantitative estimate of drug-likeness (QED) is 0.109. The average molecular weight is 544 g/mol. The molecule has 0 aromatic heterocycles. The number of carbonyl (C=O) groups is 2. The van der Waals surface area contributed by atoms with Gasteiger partial charge in [-0.15, -0.1) is 11.8 Å². The lowest BCUT2D eigenvalue weighted by molar-refractivity contribution is -0.137. The van der Waals surface area contributed by atoms with Gasteiger partial charge in [0.25, 0.3) is 0 Å². The second kappa shape index (κ2) is 19.2. The van der Waals surface area contributed by atoms with Crippen LogP contribution in [0.2, 0.25) is 0 Å². The molecule has 0 heterocycles. The summed E-state index contributed by atoms with van der Waals surface area (Å²) < 4.78 is 16.5. The highest BCUT2D eigenvalue weighted by molar-refractivity contribution is 7.99. The number of ether oxygens (including phenoxy) is 3. The summed E-state index contributed by atoms with van der Waals surface area (Å²) in [4.78, 5) is 24.5. The number of esters is 1. The van der Waals surface area contributed by atoms with Crippen molar-refractivity contribution in [2.75, 3.05) is 25.5 Å². The van der Waals surface area contributed by atoms with Gasteiger partial charge in [-0.3, -0.25) is 0 Å². The molecule has 3 atom stereocenters. The first-order chi connectivity index (χ1) is 18.3. The number of hydrogen-bond donors (Lipinski definition) is 1. The number of thioether (sulfide) groups is 1. The van der Waals surface area contributed by atoms with Crippen LogP contribution in [0, 0.1) is 11.8 Å².